The second kappa shape index (κ2) is 8.11. The van der Waals surface area contributed by atoms with Crippen molar-refractivity contribution in [2.75, 3.05) is 20.2 Å². The van der Waals surface area contributed by atoms with Crippen molar-refractivity contribution < 1.29 is 14.3 Å². The third kappa shape index (κ3) is 4.32. The molecule has 0 radical (unpaired) electrons. The molecule has 1 aliphatic rings. The average Bonchev–Trinajstić information content (AvgIpc) is 2.61. The first-order valence-electron chi connectivity index (χ1n) is 8.29. The standard InChI is InChI=1S/C18H26N2O3/c1-3-4-16(19)18(22)20-11-9-14(10-12-20)17(21)13-5-7-15(23-2)8-6-13/h5-8,14,16H,3-4,9-12,19H2,1-2H3. The smallest absolute Gasteiger partial charge is 0.239 e. The average molecular weight is 318 g/mol. The Morgan fingerprint density at radius 1 is 1.26 bits per heavy atom. The van der Waals surface area contributed by atoms with Crippen molar-refractivity contribution in [3.63, 3.8) is 0 Å². The molecule has 2 rings (SSSR count). The largest absolute Gasteiger partial charge is 0.497 e. The molecule has 1 saturated heterocycles. The molecule has 126 valence electrons. The first kappa shape index (κ1) is 17.5. The van der Waals surface area contributed by atoms with E-state index in [0.29, 0.717) is 37.9 Å². The van der Waals surface area contributed by atoms with Gasteiger partial charge in [0.05, 0.1) is 13.2 Å². The highest BCUT2D eigenvalue weighted by Crippen LogP contribution is 2.23. The first-order valence-corrected chi connectivity index (χ1v) is 8.29. The number of likely N-dealkylation sites (tertiary alicyclic amines) is 1. The predicted molar refractivity (Wildman–Crippen MR) is 89.5 cm³/mol. The van der Waals surface area contributed by atoms with Crippen LogP contribution in [0.2, 0.25) is 0 Å². The molecule has 1 unspecified atom stereocenters. The van der Waals surface area contributed by atoms with Crippen LogP contribution in [0.15, 0.2) is 24.3 Å². The van der Waals surface area contributed by atoms with Crippen LogP contribution in [0.25, 0.3) is 0 Å². The van der Waals surface area contributed by atoms with Gasteiger partial charge < -0.3 is 15.4 Å². The molecule has 0 aliphatic carbocycles. The highest BCUT2D eigenvalue weighted by atomic mass is 16.5. The molecule has 1 aromatic rings. The molecule has 1 heterocycles. The maximum absolute atomic E-state index is 12.5. The summed E-state index contributed by atoms with van der Waals surface area (Å²) in [4.78, 5) is 26.6. The number of hydrogen-bond acceptors (Lipinski definition) is 4. The van der Waals surface area contributed by atoms with E-state index in [2.05, 4.69) is 0 Å². The summed E-state index contributed by atoms with van der Waals surface area (Å²) in [5.74, 6) is 0.890. The molecule has 1 amide bonds. The maximum atomic E-state index is 12.5. The third-order valence-corrected chi connectivity index (χ3v) is 4.47. The Morgan fingerprint density at radius 2 is 1.87 bits per heavy atom. The van der Waals surface area contributed by atoms with E-state index in [4.69, 9.17) is 10.5 Å². The Bertz CT molecular complexity index is 534. The van der Waals surface area contributed by atoms with Crippen LogP contribution in [-0.4, -0.2) is 42.8 Å². The van der Waals surface area contributed by atoms with Crippen LogP contribution in [0.4, 0.5) is 0 Å². The Morgan fingerprint density at radius 3 is 2.39 bits per heavy atom. The van der Waals surface area contributed by atoms with Crippen molar-refractivity contribution in [1.29, 1.82) is 0 Å². The SMILES string of the molecule is CCCC(N)C(=O)N1CCC(C(=O)c2ccc(OC)cc2)CC1. The number of benzene rings is 1. The number of carbonyl (C=O) groups excluding carboxylic acids is 2. The fraction of sp³-hybridized carbons (Fsp3) is 0.556. The number of ketones is 1. The summed E-state index contributed by atoms with van der Waals surface area (Å²) < 4.78 is 5.11. The van der Waals surface area contributed by atoms with E-state index in [-0.39, 0.29) is 17.6 Å². The minimum atomic E-state index is -0.408. The minimum Gasteiger partial charge on any atom is -0.497 e. The maximum Gasteiger partial charge on any atom is 0.239 e. The number of Topliss-reactive ketones (excluding diaryl/α,β-unsaturated/α-hetero) is 1. The van der Waals surface area contributed by atoms with Gasteiger partial charge in [0.15, 0.2) is 5.78 Å². The first-order chi connectivity index (χ1) is 11.1. The van der Waals surface area contributed by atoms with Gasteiger partial charge in [-0.05, 0) is 43.5 Å². The van der Waals surface area contributed by atoms with Gasteiger partial charge in [0, 0.05) is 24.6 Å². The zero-order chi connectivity index (χ0) is 16.8. The highest BCUT2D eigenvalue weighted by molar-refractivity contribution is 5.98. The molecule has 0 spiro atoms. The lowest BCUT2D eigenvalue weighted by Gasteiger charge is -2.33. The second-order valence-electron chi connectivity index (χ2n) is 6.09. The molecule has 0 bridgehead atoms. The minimum absolute atomic E-state index is 0.0159. The molecule has 0 aromatic heterocycles. The predicted octanol–water partition coefficient (Wildman–Crippen LogP) is 2.24. The van der Waals surface area contributed by atoms with Crippen molar-refractivity contribution in [3.05, 3.63) is 29.8 Å². The lowest BCUT2D eigenvalue weighted by Crippen LogP contribution is -2.47. The van der Waals surface area contributed by atoms with E-state index >= 15 is 0 Å². The summed E-state index contributed by atoms with van der Waals surface area (Å²) in [5.41, 5.74) is 6.61. The van der Waals surface area contributed by atoms with E-state index in [0.717, 1.165) is 12.2 Å². The summed E-state index contributed by atoms with van der Waals surface area (Å²) in [7, 11) is 1.60. The number of piperidine rings is 1. The van der Waals surface area contributed by atoms with Crippen LogP contribution >= 0.6 is 0 Å². The molecule has 5 heteroatoms. The van der Waals surface area contributed by atoms with Gasteiger partial charge >= 0.3 is 0 Å². The van der Waals surface area contributed by atoms with Crippen LogP contribution in [0, 0.1) is 5.92 Å². The number of nitrogens with two attached hydrogens (primary N) is 1. The van der Waals surface area contributed by atoms with E-state index in [1.54, 1.807) is 36.3 Å². The number of carbonyl (C=O) groups is 2. The molecule has 1 atom stereocenters. The van der Waals surface area contributed by atoms with Gasteiger partial charge in [-0.15, -0.1) is 0 Å². The molecule has 23 heavy (non-hydrogen) atoms. The van der Waals surface area contributed by atoms with Crippen molar-refractivity contribution in [1.82, 2.24) is 4.90 Å². The number of amides is 1. The molecule has 1 fully saturated rings. The van der Waals surface area contributed by atoms with Crippen LogP contribution in [-0.2, 0) is 4.79 Å². The molecule has 2 N–H and O–H groups in total. The normalized spacial score (nSPS) is 16.9. The van der Waals surface area contributed by atoms with Crippen LogP contribution in [0.1, 0.15) is 43.0 Å². The summed E-state index contributed by atoms with van der Waals surface area (Å²) in [6, 6.07) is 6.80. The number of methoxy groups -OCH3 is 1. The fourth-order valence-corrected chi connectivity index (χ4v) is 3.02. The summed E-state index contributed by atoms with van der Waals surface area (Å²) in [6.07, 6.45) is 3.02. The highest BCUT2D eigenvalue weighted by Gasteiger charge is 2.29. The van der Waals surface area contributed by atoms with Gasteiger partial charge in [-0.1, -0.05) is 13.3 Å². The Hall–Kier alpha value is -1.88. The van der Waals surface area contributed by atoms with E-state index in [1.807, 2.05) is 6.92 Å². The van der Waals surface area contributed by atoms with E-state index in [1.165, 1.54) is 0 Å². The Labute approximate surface area is 137 Å². The van der Waals surface area contributed by atoms with Gasteiger partial charge in [-0.3, -0.25) is 9.59 Å². The number of ether oxygens (including phenoxy) is 1. The van der Waals surface area contributed by atoms with Gasteiger partial charge in [-0.2, -0.15) is 0 Å². The van der Waals surface area contributed by atoms with Crippen molar-refractivity contribution in [2.24, 2.45) is 11.7 Å². The van der Waals surface area contributed by atoms with Gasteiger partial charge in [0.1, 0.15) is 5.75 Å². The number of rotatable bonds is 6. The van der Waals surface area contributed by atoms with Gasteiger partial charge in [-0.25, -0.2) is 0 Å². The number of hydrogen-bond donors (Lipinski definition) is 1. The third-order valence-electron chi connectivity index (χ3n) is 4.47. The summed E-state index contributed by atoms with van der Waals surface area (Å²) in [5, 5.41) is 0. The molecule has 0 saturated carbocycles. The Balaban J connectivity index is 1.90. The quantitative estimate of drug-likeness (QED) is 0.817. The summed E-state index contributed by atoms with van der Waals surface area (Å²) >= 11 is 0. The monoisotopic (exact) mass is 318 g/mol. The van der Waals surface area contributed by atoms with Crippen LogP contribution < -0.4 is 10.5 Å². The Kier molecular flexibility index (Phi) is 6.16. The number of nitrogens with zero attached hydrogens (tertiary/aromatic N) is 1. The van der Waals surface area contributed by atoms with Gasteiger partial charge in [0.25, 0.3) is 0 Å². The van der Waals surface area contributed by atoms with Crippen molar-refractivity contribution in [3.8, 4) is 5.75 Å². The second-order valence-corrected chi connectivity index (χ2v) is 6.09. The lowest BCUT2D eigenvalue weighted by atomic mass is 9.88. The van der Waals surface area contributed by atoms with Crippen LogP contribution in [0.5, 0.6) is 5.75 Å². The van der Waals surface area contributed by atoms with Crippen LogP contribution in [0.3, 0.4) is 0 Å². The summed E-state index contributed by atoms with van der Waals surface area (Å²) in [6.45, 7) is 3.25. The lowest BCUT2D eigenvalue weighted by molar-refractivity contribution is -0.134. The fourth-order valence-electron chi connectivity index (χ4n) is 3.02. The van der Waals surface area contributed by atoms with Gasteiger partial charge in [0.2, 0.25) is 5.91 Å². The molecular weight excluding hydrogens is 292 g/mol. The molecular formula is C18H26N2O3. The zero-order valence-corrected chi connectivity index (χ0v) is 14.0. The molecule has 5 nitrogen and oxygen atoms in total. The topological polar surface area (TPSA) is 72.6 Å². The van der Waals surface area contributed by atoms with Crippen molar-refractivity contribution in [2.45, 2.75) is 38.6 Å². The van der Waals surface area contributed by atoms with Crippen molar-refractivity contribution >= 4 is 11.7 Å². The zero-order valence-electron chi connectivity index (χ0n) is 14.0. The van der Waals surface area contributed by atoms with E-state index in [9.17, 15) is 9.59 Å². The molecule has 1 aliphatic heterocycles. The molecule has 1 aromatic carbocycles. The van der Waals surface area contributed by atoms with E-state index < -0.39 is 6.04 Å².